The van der Waals surface area contributed by atoms with Crippen molar-refractivity contribution in [1.82, 2.24) is 0 Å². The highest BCUT2D eigenvalue weighted by Gasteiger charge is 2.23. The number of nitrogens with zero attached hydrogens (tertiary/aromatic N) is 1. The second-order valence-electron chi connectivity index (χ2n) is 7.01. The molecule has 22 heavy (non-hydrogen) atoms. The topological polar surface area (TPSA) is 0 Å². The van der Waals surface area contributed by atoms with E-state index in [4.69, 9.17) is 0 Å². The zero-order valence-electron chi connectivity index (χ0n) is 16.1. The fourth-order valence-corrected chi connectivity index (χ4v) is 3.43. The minimum atomic E-state index is 0. The SMILES string of the molecule is CCCCCC[N+](CC)(CCCCCC)CCCCCC.[Br-]. The van der Waals surface area contributed by atoms with Crippen LogP contribution in [0.15, 0.2) is 0 Å². The van der Waals surface area contributed by atoms with Crippen LogP contribution in [0.3, 0.4) is 0 Å². The molecule has 0 spiro atoms. The van der Waals surface area contributed by atoms with Gasteiger partial charge in [0.2, 0.25) is 0 Å². The molecule has 0 rings (SSSR count). The summed E-state index contributed by atoms with van der Waals surface area (Å²) in [5.74, 6) is 0. The van der Waals surface area contributed by atoms with Gasteiger partial charge in [0.05, 0.1) is 26.2 Å². The van der Waals surface area contributed by atoms with Gasteiger partial charge in [0.15, 0.2) is 0 Å². The van der Waals surface area contributed by atoms with Crippen LogP contribution in [0.4, 0.5) is 0 Å². The lowest BCUT2D eigenvalue weighted by molar-refractivity contribution is -0.927. The first-order chi connectivity index (χ1) is 10.2. The maximum absolute atomic E-state index is 2.43. The molecule has 0 amide bonds. The van der Waals surface area contributed by atoms with Crippen LogP contribution in [0.1, 0.15) is 105 Å². The summed E-state index contributed by atoms with van der Waals surface area (Å²) in [5.41, 5.74) is 0. The van der Waals surface area contributed by atoms with Gasteiger partial charge in [0.1, 0.15) is 0 Å². The second kappa shape index (κ2) is 17.8. The van der Waals surface area contributed by atoms with Crippen molar-refractivity contribution in [2.45, 2.75) is 105 Å². The summed E-state index contributed by atoms with van der Waals surface area (Å²) in [7, 11) is 0. The fraction of sp³-hybridized carbons (Fsp3) is 1.00. The summed E-state index contributed by atoms with van der Waals surface area (Å²) >= 11 is 0. The third-order valence-electron chi connectivity index (χ3n) is 5.13. The van der Waals surface area contributed by atoms with Gasteiger partial charge in [-0.3, -0.25) is 0 Å². The Morgan fingerprint density at radius 3 is 1.00 bits per heavy atom. The summed E-state index contributed by atoms with van der Waals surface area (Å²) in [4.78, 5) is 0. The number of hydrogen-bond donors (Lipinski definition) is 0. The first kappa shape index (κ1) is 24.7. The van der Waals surface area contributed by atoms with E-state index in [2.05, 4.69) is 27.7 Å². The largest absolute Gasteiger partial charge is 1.00 e. The number of halogens is 1. The lowest BCUT2D eigenvalue weighted by Gasteiger charge is -2.38. The van der Waals surface area contributed by atoms with E-state index >= 15 is 0 Å². The zero-order chi connectivity index (χ0) is 15.8. The molecule has 0 radical (unpaired) electrons. The number of unbranched alkanes of at least 4 members (excludes halogenated alkanes) is 9. The predicted octanol–water partition coefficient (Wildman–Crippen LogP) is 3.57. The van der Waals surface area contributed by atoms with Crippen molar-refractivity contribution in [3.05, 3.63) is 0 Å². The van der Waals surface area contributed by atoms with Crippen LogP contribution < -0.4 is 17.0 Å². The standard InChI is InChI=1S/C20H44N.BrH/c1-5-9-12-15-18-21(8-4,19-16-13-10-6-2)20-17-14-11-7-3;/h5-20H2,1-4H3;1H/q+1;/p-1. The van der Waals surface area contributed by atoms with Crippen LogP contribution in [0, 0.1) is 0 Å². The Kier molecular flexibility index (Phi) is 20.0. The molecule has 136 valence electrons. The Balaban J connectivity index is 0. The summed E-state index contributed by atoms with van der Waals surface area (Å²) in [6, 6.07) is 0. The quantitative estimate of drug-likeness (QED) is 0.285. The highest BCUT2D eigenvalue weighted by molar-refractivity contribution is 4.50. The van der Waals surface area contributed by atoms with Crippen molar-refractivity contribution in [3.63, 3.8) is 0 Å². The van der Waals surface area contributed by atoms with Crippen LogP contribution in [-0.4, -0.2) is 30.7 Å². The van der Waals surface area contributed by atoms with Crippen molar-refractivity contribution < 1.29 is 21.5 Å². The Bertz CT molecular complexity index is 175. The van der Waals surface area contributed by atoms with Gasteiger partial charge in [-0.2, -0.15) is 0 Å². The van der Waals surface area contributed by atoms with Crippen molar-refractivity contribution in [1.29, 1.82) is 0 Å². The van der Waals surface area contributed by atoms with E-state index in [1.165, 1.54) is 108 Å². The van der Waals surface area contributed by atoms with Gasteiger partial charge in [-0.1, -0.05) is 59.3 Å². The minimum absolute atomic E-state index is 0. The molecule has 0 aliphatic rings. The lowest BCUT2D eigenvalue weighted by Crippen LogP contribution is -3.00. The van der Waals surface area contributed by atoms with E-state index in [1.54, 1.807) is 0 Å². The van der Waals surface area contributed by atoms with E-state index in [0.29, 0.717) is 0 Å². The van der Waals surface area contributed by atoms with Gasteiger partial charge in [-0.05, 0) is 45.4 Å². The Morgan fingerprint density at radius 1 is 0.455 bits per heavy atom. The van der Waals surface area contributed by atoms with Gasteiger partial charge in [-0.25, -0.2) is 0 Å². The minimum Gasteiger partial charge on any atom is -1.00 e. The molecule has 0 N–H and O–H groups in total. The van der Waals surface area contributed by atoms with Crippen molar-refractivity contribution in [3.8, 4) is 0 Å². The van der Waals surface area contributed by atoms with Gasteiger partial charge in [-0.15, -0.1) is 0 Å². The number of rotatable bonds is 16. The molecule has 0 aliphatic heterocycles. The number of quaternary nitrogens is 1. The van der Waals surface area contributed by atoms with Crippen molar-refractivity contribution >= 4 is 0 Å². The summed E-state index contributed by atoms with van der Waals surface area (Å²) in [5, 5.41) is 0. The molecule has 0 aromatic heterocycles. The van der Waals surface area contributed by atoms with Crippen LogP contribution in [-0.2, 0) is 0 Å². The van der Waals surface area contributed by atoms with Crippen LogP contribution in [0.25, 0.3) is 0 Å². The zero-order valence-corrected chi connectivity index (χ0v) is 17.7. The molecule has 0 aromatic rings. The molecule has 2 heteroatoms. The molecule has 0 saturated heterocycles. The van der Waals surface area contributed by atoms with Crippen LogP contribution >= 0.6 is 0 Å². The van der Waals surface area contributed by atoms with Crippen LogP contribution in [0.5, 0.6) is 0 Å². The highest BCUT2D eigenvalue weighted by atomic mass is 79.9. The first-order valence-electron chi connectivity index (χ1n) is 10.1. The molecule has 0 saturated carbocycles. The molecule has 0 bridgehead atoms. The van der Waals surface area contributed by atoms with Gasteiger partial charge in [0, 0.05) is 0 Å². The van der Waals surface area contributed by atoms with Crippen LogP contribution in [0.2, 0.25) is 0 Å². The average Bonchev–Trinajstić information content (AvgIpc) is 2.51. The van der Waals surface area contributed by atoms with Gasteiger partial charge >= 0.3 is 0 Å². The molecule has 0 fully saturated rings. The van der Waals surface area contributed by atoms with E-state index < -0.39 is 0 Å². The molecule has 0 aliphatic carbocycles. The molecule has 0 atom stereocenters. The highest BCUT2D eigenvalue weighted by Crippen LogP contribution is 2.17. The summed E-state index contributed by atoms with van der Waals surface area (Å²) in [6.07, 6.45) is 17.0. The first-order valence-corrected chi connectivity index (χ1v) is 10.1. The Morgan fingerprint density at radius 2 is 0.773 bits per heavy atom. The fourth-order valence-electron chi connectivity index (χ4n) is 3.43. The molecule has 0 unspecified atom stereocenters. The number of hydrogen-bond acceptors (Lipinski definition) is 0. The van der Waals surface area contributed by atoms with E-state index in [0.717, 1.165) is 0 Å². The molecule has 1 nitrogen and oxygen atoms in total. The lowest BCUT2D eigenvalue weighted by atomic mass is 10.1. The maximum atomic E-state index is 2.43. The summed E-state index contributed by atoms with van der Waals surface area (Å²) in [6.45, 7) is 15.0. The van der Waals surface area contributed by atoms with E-state index in [1.807, 2.05) is 0 Å². The third-order valence-corrected chi connectivity index (χ3v) is 5.13. The third kappa shape index (κ3) is 12.9. The second-order valence-corrected chi connectivity index (χ2v) is 7.01. The molecular weight excluding hydrogens is 334 g/mol. The maximum Gasteiger partial charge on any atom is 0.0786 e. The van der Waals surface area contributed by atoms with Gasteiger partial charge < -0.3 is 21.5 Å². The predicted molar refractivity (Wildman–Crippen MR) is 97.8 cm³/mol. The normalized spacial score (nSPS) is 11.5. The van der Waals surface area contributed by atoms with Crippen molar-refractivity contribution in [2.24, 2.45) is 0 Å². The van der Waals surface area contributed by atoms with Crippen molar-refractivity contribution in [2.75, 3.05) is 26.2 Å². The molecular formula is C20H44BrN. The van der Waals surface area contributed by atoms with E-state index in [-0.39, 0.29) is 17.0 Å². The molecule has 0 heterocycles. The van der Waals surface area contributed by atoms with Gasteiger partial charge in [0.25, 0.3) is 0 Å². The average molecular weight is 378 g/mol. The Hall–Kier alpha value is 0.440. The van der Waals surface area contributed by atoms with E-state index in [9.17, 15) is 0 Å². The Labute approximate surface area is 152 Å². The monoisotopic (exact) mass is 377 g/mol. The smallest absolute Gasteiger partial charge is 0.0786 e. The summed E-state index contributed by atoms with van der Waals surface area (Å²) < 4.78 is 1.41. The molecule has 0 aromatic carbocycles.